The van der Waals surface area contributed by atoms with Crippen molar-refractivity contribution in [3.8, 4) is 0 Å². The summed E-state index contributed by atoms with van der Waals surface area (Å²) in [5, 5.41) is 25.6. The lowest BCUT2D eigenvalue weighted by Crippen LogP contribution is -2.59. The molecule has 0 aliphatic carbocycles. The number of carboxylic acid groups (broad SMARTS) is 1. The minimum atomic E-state index is -1.56. The fourth-order valence-electron chi connectivity index (χ4n) is 2.66. The van der Waals surface area contributed by atoms with Crippen LogP contribution in [-0.4, -0.2) is 76.0 Å². The highest BCUT2D eigenvalue weighted by Crippen LogP contribution is 2.09. The third-order valence-corrected chi connectivity index (χ3v) is 4.95. The van der Waals surface area contributed by atoms with Crippen molar-refractivity contribution in [3.05, 3.63) is 0 Å². The van der Waals surface area contributed by atoms with Crippen LogP contribution in [0.5, 0.6) is 0 Å². The first-order valence-corrected chi connectivity index (χ1v) is 10.3. The van der Waals surface area contributed by atoms with Gasteiger partial charge in [0.05, 0.1) is 12.5 Å². The number of aliphatic carboxylic acids is 1. The van der Waals surface area contributed by atoms with Gasteiger partial charge in [0.1, 0.15) is 24.2 Å². The average Bonchev–Trinajstić information content (AvgIpc) is 2.71. The number of aliphatic hydroxyl groups excluding tert-OH is 1. The summed E-state index contributed by atoms with van der Waals surface area (Å²) in [6.45, 7) is 4.58. The first-order valence-electron chi connectivity index (χ1n) is 10.3. The van der Waals surface area contributed by atoms with Crippen LogP contribution in [0.25, 0.3) is 0 Å². The molecule has 14 nitrogen and oxygen atoms in total. The van der Waals surface area contributed by atoms with Crippen LogP contribution in [-0.2, 0) is 28.8 Å². The molecule has 0 aromatic rings. The number of carbonyl (C=O) groups is 6. The summed E-state index contributed by atoms with van der Waals surface area (Å²) in [5.74, 6) is -6.35. The molecule has 14 heteroatoms. The molecule has 6 atom stereocenters. The summed E-state index contributed by atoms with van der Waals surface area (Å²) in [4.78, 5) is 71.6. The molecule has 0 aromatic carbocycles. The van der Waals surface area contributed by atoms with Crippen molar-refractivity contribution in [2.24, 2.45) is 23.1 Å². The number of aliphatic hydroxyl groups is 1. The molecule has 11 N–H and O–H groups in total. The number of hydrogen-bond acceptors (Lipinski definition) is 8. The molecular weight excluding hydrogens is 440 g/mol. The SMILES string of the molecule is CCC(C)C(NC(=O)C(CC(N)=O)NC(=O)C(CCC(N)=O)NC(=O)C(N)C(C)O)C(=O)O. The van der Waals surface area contributed by atoms with Gasteiger partial charge in [-0.15, -0.1) is 0 Å². The Labute approximate surface area is 191 Å². The Bertz CT molecular complexity index is 744. The summed E-state index contributed by atoms with van der Waals surface area (Å²) < 4.78 is 0. The molecule has 0 fully saturated rings. The van der Waals surface area contributed by atoms with E-state index in [1.165, 1.54) is 6.92 Å². The molecule has 0 bridgehead atoms. The lowest BCUT2D eigenvalue weighted by atomic mass is 9.98. The highest BCUT2D eigenvalue weighted by Gasteiger charge is 2.33. The fraction of sp³-hybridized carbons (Fsp3) is 0.684. The van der Waals surface area contributed by atoms with E-state index in [0.29, 0.717) is 6.42 Å². The second-order valence-corrected chi connectivity index (χ2v) is 7.77. The van der Waals surface area contributed by atoms with E-state index in [1.54, 1.807) is 13.8 Å². The van der Waals surface area contributed by atoms with E-state index in [-0.39, 0.29) is 12.8 Å². The highest BCUT2D eigenvalue weighted by atomic mass is 16.4. The number of rotatable bonds is 15. The summed E-state index contributed by atoms with van der Waals surface area (Å²) in [6, 6.07) is -5.63. The van der Waals surface area contributed by atoms with Crippen LogP contribution in [0.15, 0.2) is 0 Å². The minimum Gasteiger partial charge on any atom is -0.480 e. The Balaban J connectivity index is 5.64. The van der Waals surface area contributed by atoms with Crippen molar-refractivity contribution >= 4 is 35.5 Å². The number of carboxylic acids is 1. The van der Waals surface area contributed by atoms with Crippen molar-refractivity contribution in [2.75, 3.05) is 0 Å². The van der Waals surface area contributed by atoms with Crippen molar-refractivity contribution < 1.29 is 39.0 Å². The van der Waals surface area contributed by atoms with Gasteiger partial charge in [-0.2, -0.15) is 0 Å². The van der Waals surface area contributed by atoms with E-state index in [4.69, 9.17) is 17.2 Å². The maximum atomic E-state index is 12.8. The summed E-state index contributed by atoms with van der Waals surface area (Å²) in [6.07, 6.45) is -2.06. The number of nitrogens with two attached hydrogens (primary N) is 3. The second-order valence-electron chi connectivity index (χ2n) is 7.77. The van der Waals surface area contributed by atoms with Crippen molar-refractivity contribution in [1.29, 1.82) is 0 Å². The number of hydrogen-bond donors (Lipinski definition) is 8. The summed E-state index contributed by atoms with van der Waals surface area (Å²) in [5.41, 5.74) is 15.8. The lowest BCUT2D eigenvalue weighted by Gasteiger charge is -2.26. The Morgan fingerprint density at radius 3 is 1.79 bits per heavy atom. The summed E-state index contributed by atoms with van der Waals surface area (Å²) >= 11 is 0. The predicted octanol–water partition coefficient (Wildman–Crippen LogP) is -3.58. The zero-order chi connectivity index (χ0) is 25.9. The molecule has 0 aliphatic heterocycles. The quantitative estimate of drug-likeness (QED) is 0.116. The van der Waals surface area contributed by atoms with Gasteiger partial charge in [-0.05, 0) is 19.3 Å². The van der Waals surface area contributed by atoms with E-state index in [9.17, 15) is 39.0 Å². The third-order valence-electron chi connectivity index (χ3n) is 4.95. The largest absolute Gasteiger partial charge is 0.480 e. The Hall–Kier alpha value is -3.26. The van der Waals surface area contributed by atoms with Crippen LogP contribution in [0.4, 0.5) is 0 Å². The molecule has 0 rings (SSSR count). The topological polar surface area (TPSA) is 257 Å². The molecule has 0 saturated heterocycles. The standard InChI is InChI=1S/C19H34N6O8/c1-4-8(2)15(19(32)33)25-17(30)11(7-13(21)28)24-16(29)10(5-6-12(20)27)23-18(31)14(22)9(3)26/h8-11,14-15,26H,4-7,22H2,1-3H3,(H2,20,27)(H2,21,28)(H,23,31)(H,24,29)(H,25,30)(H,32,33). The molecule has 33 heavy (non-hydrogen) atoms. The first-order chi connectivity index (χ1) is 15.2. The maximum absolute atomic E-state index is 12.8. The molecule has 0 radical (unpaired) electrons. The molecule has 6 unspecified atom stereocenters. The Morgan fingerprint density at radius 2 is 1.36 bits per heavy atom. The normalized spacial score (nSPS) is 16.3. The van der Waals surface area contributed by atoms with Crippen molar-refractivity contribution in [1.82, 2.24) is 16.0 Å². The molecule has 0 spiro atoms. The Morgan fingerprint density at radius 1 is 0.848 bits per heavy atom. The van der Waals surface area contributed by atoms with Crippen molar-refractivity contribution in [3.63, 3.8) is 0 Å². The zero-order valence-corrected chi connectivity index (χ0v) is 18.9. The van der Waals surface area contributed by atoms with E-state index in [2.05, 4.69) is 16.0 Å². The predicted molar refractivity (Wildman–Crippen MR) is 115 cm³/mol. The fourth-order valence-corrected chi connectivity index (χ4v) is 2.66. The number of primary amides is 2. The van der Waals surface area contributed by atoms with Crippen LogP contribution in [0.3, 0.4) is 0 Å². The molecule has 0 saturated carbocycles. The molecule has 0 aliphatic rings. The number of carbonyl (C=O) groups excluding carboxylic acids is 5. The lowest BCUT2D eigenvalue weighted by molar-refractivity contribution is -0.144. The van der Waals surface area contributed by atoms with Crippen LogP contribution in [0.1, 0.15) is 46.5 Å². The molecular formula is C19H34N6O8. The molecule has 0 aromatic heterocycles. The summed E-state index contributed by atoms with van der Waals surface area (Å²) in [7, 11) is 0. The maximum Gasteiger partial charge on any atom is 0.326 e. The van der Waals surface area contributed by atoms with Gasteiger partial charge in [0, 0.05) is 6.42 Å². The van der Waals surface area contributed by atoms with Crippen LogP contribution >= 0.6 is 0 Å². The number of amides is 5. The van der Waals surface area contributed by atoms with E-state index in [0.717, 1.165) is 0 Å². The van der Waals surface area contributed by atoms with E-state index in [1.807, 2.05) is 0 Å². The van der Waals surface area contributed by atoms with Gasteiger partial charge >= 0.3 is 5.97 Å². The Kier molecular flexibility index (Phi) is 12.6. The van der Waals surface area contributed by atoms with Gasteiger partial charge in [-0.25, -0.2) is 4.79 Å². The average molecular weight is 475 g/mol. The van der Waals surface area contributed by atoms with E-state index >= 15 is 0 Å². The number of nitrogens with one attached hydrogen (secondary N) is 3. The smallest absolute Gasteiger partial charge is 0.326 e. The van der Waals surface area contributed by atoms with Gasteiger partial charge in [0.25, 0.3) is 0 Å². The van der Waals surface area contributed by atoms with Gasteiger partial charge in [-0.3, -0.25) is 24.0 Å². The van der Waals surface area contributed by atoms with E-state index < -0.39 is 78.1 Å². The van der Waals surface area contributed by atoms with Gasteiger partial charge in [-0.1, -0.05) is 20.3 Å². The van der Waals surface area contributed by atoms with Crippen molar-refractivity contribution in [2.45, 2.75) is 76.7 Å². The van der Waals surface area contributed by atoms with Gasteiger partial charge < -0.3 is 43.4 Å². The first kappa shape index (κ1) is 29.7. The van der Waals surface area contributed by atoms with Crippen LogP contribution in [0, 0.1) is 5.92 Å². The zero-order valence-electron chi connectivity index (χ0n) is 18.9. The molecule has 5 amide bonds. The van der Waals surface area contributed by atoms with Crippen LogP contribution < -0.4 is 33.2 Å². The van der Waals surface area contributed by atoms with Crippen LogP contribution in [0.2, 0.25) is 0 Å². The van der Waals surface area contributed by atoms with Gasteiger partial charge in [0.15, 0.2) is 0 Å². The molecule has 188 valence electrons. The minimum absolute atomic E-state index is 0.269. The molecule has 0 heterocycles. The second kappa shape index (κ2) is 14.0. The van der Waals surface area contributed by atoms with Gasteiger partial charge in [0.2, 0.25) is 29.5 Å². The monoisotopic (exact) mass is 474 g/mol. The third kappa shape index (κ3) is 10.7. The highest BCUT2D eigenvalue weighted by molar-refractivity contribution is 5.96.